The van der Waals surface area contributed by atoms with Crippen LogP contribution < -0.4 is 10.6 Å². The van der Waals surface area contributed by atoms with Crippen LogP contribution in [0, 0.1) is 12.7 Å². The number of anilines is 2. The molecule has 0 saturated carbocycles. The van der Waals surface area contributed by atoms with Crippen LogP contribution in [0.1, 0.15) is 24.5 Å². The molecule has 5 heteroatoms. The average molecular weight is 274 g/mol. The maximum absolute atomic E-state index is 13.1. The van der Waals surface area contributed by atoms with Gasteiger partial charge in [-0.1, -0.05) is 19.1 Å². The lowest BCUT2D eigenvalue weighted by Crippen LogP contribution is -2.09. The summed E-state index contributed by atoms with van der Waals surface area (Å²) >= 11 is 0. The van der Waals surface area contributed by atoms with E-state index in [1.54, 1.807) is 12.3 Å². The molecule has 0 atom stereocenters. The highest BCUT2D eigenvalue weighted by atomic mass is 19.1. The summed E-state index contributed by atoms with van der Waals surface area (Å²) in [4.78, 5) is 8.64. The van der Waals surface area contributed by atoms with E-state index in [2.05, 4.69) is 27.5 Å². The lowest BCUT2D eigenvalue weighted by Gasteiger charge is -2.10. The molecule has 1 heterocycles. The van der Waals surface area contributed by atoms with Crippen molar-refractivity contribution in [1.82, 2.24) is 9.97 Å². The molecule has 1 aromatic carbocycles. The van der Waals surface area contributed by atoms with Crippen molar-refractivity contribution in [3.63, 3.8) is 0 Å². The van der Waals surface area contributed by atoms with E-state index < -0.39 is 0 Å². The predicted octanol–water partition coefficient (Wildman–Crippen LogP) is 3.36. The molecule has 4 nitrogen and oxygen atoms in total. The summed E-state index contributed by atoms with van der Waals surface area (Å²) in [5.74, 6) is 1.15. The first-order chi connectivity index (χ1) is 9.69. The van der Waals surface area contributed by atoms with E-state index in [-0.39, 0.29) is 5.82 Å². The Bertz CT molecular complexity index is 572. The van der Waals surface area contributed by atoms with Crippen LogP contribution in [0.25, 0.3) is 0 Å². The fourth-order valence-electron chi connectivity index (χ4n) is 1.78. The first kappa shape index (κ1) is 14.2. The van der Waals surface area contributed by atoms with Crippen molar-refractivity contribution in [3.8, 4) is 0 Å². The van der Waals surface area contributed by atoms with Crippen molar-refractivity contribution in [2.75, 3.05) is 17.2 Å². The maximum Gasteiger partial charge on any atom is 0.224 e. The number of hydrogen-bond acceptors (Lipinski definition) is 4. The van der Waals surface area contributed by atoms with Gasteiger partial charge in [-0.3, -0.25) is 0 Å². The first-order valence-corrected chi connectivity index (χ1v) is 6.75. The number of nitrogens with zero attached hydrogens (tertiary/aromatic N) is 2. The van der Waals surface area contributed by atoms with Gasteiger partial charge >= 0.3 is 0 Å². The van der Waals surface area contributed by atoms with Crippen LogP contribution >= 0.6 is 0 Å². The van der Waals surface area contributed by atoms with E-state index in [1.165, 1.54) is 12.1 Å². The molecule has 0 fully saturated rings. The first-order valence-electron chi connectivity index (χ1n) is 6.75. The molecular formula is C15H19FN4. The van der Waals surface area contributed by atoms with Crippen LogP contribution in [0.2, 0.25) is 0 Å². The van der Waals surface area contributed by atoms with Crippen molar-refractivity contribution in [1.29, 1.82) is 0 Å². The van der Waals surface area contributed by atoms with E-state index in [0.717, 1.165) is 29.9 Å². The predicted molar refractivity (Wildman–Crippen MR) is 79.3 cm³/mol. The van der Waals surface area contributed by atoms with Gasteiger partial charge in [-0.05, 0) is 31.0 Å². The van der Waals surface area contributed by atoms with Crippen LogP contribution in [0.3, 0.4) is 0 Å². The van der Waals surface area contributed by atoms with Gasteiger partial charge in [0.1, 0.15) is 11.6 Å². The normalized spacial score (nSPS) is 10.3. The van der Waals surface area contributed by atoms with Gasteiger partial charge in [-0.25, -0.2) is 9.37 Å². The highest BCUT2D eigenvalue weighted by Crippen LogP contribution is 2.14. The minimum atomic E-state index is -0.228. The fraction of sp³-hybridized carbons (Fsp3) is 0.333. The summed E-state index contributed by atoms with van der Waals surface area (Å²) in [6.07, 6.45) is 2.79. The molecule has 20 heavy (non-hydrogen) atoms. The molecule has 2 rings (SSSR count). The molecule has 1 aromatic heterocycles. The summed E-state index contributed by atoms with van der Waals surface area (Å²) in [5.41, 5.74) is 1.84. The zero-order valence-corrected chi connectivity index (χ0v) is 11.8. The third-order valence-corrected chi connectivity index (χ3v) is 2.85. The molecule has 2 N–H and O–H groups in total. The van der Waals surface area contributed by atoms with E-state index in [0.29, 0.717) is 12.5 Å². The molecule has 0 radical (unpaired) electrons. The highest BCUT2D eigenvalue weighted by molar-refractivity contribution is 5.46. The van der Waals surface area contributed by atoms with E-state index >= 15 is 0 Å². The van der Waals surface area contributed by atoms with Crippen molar-refractivity contribution in [2.45, 2.75) is 26.8 Å². The molecule has 0 aliphatic rings. The van der Waals surface area contributed by atoms with Gasteiger partial charge in [0.2, 0.25) is 5.95 Å². The highest BCUT2D eigenvalue weighted by Gasteiger charge is 2.03. The second-order valence-corrected chi connectivity index (χ2v) is 4.64. The quantitative estimate of drug-likeness (QED) is 0.848. The molecule has 0 saturated heterocycles. The van der Waals surface area contributed by atoms with E-state index in [4.69, 9.17) is 0 Å². The molecule has 0 aliphatic carbocycles. The topological polar surface area (TPSA) is 49.8 Å². The Morgan fingerprint density at radius 1 is 1.25 bits per heavy atom. The Balaban J connectivity index is 2.04. The van der Waals surface area contributed by atoms with Gasteiger partial charge in [0, 0.05) is 24.8 Å². The van der Waals surface area contributed by atoms with Gasteiger partial charge in [0.25, 0.3) is 0 Å². The summed E-state index contributed by atoms with van der Waals surface area (Å²) in [5, 5.41) is 6.36. The molecule has 0 amide bonds. The number of hydrogen-bond donors (Lipinski definition) is 2. The van der Waals surface area contributed by atoms with Crippen molar-refractivity contribution < 1.29 is 4.39 Å². The minimum absolute atomic E-state index is 0.228. The maximum atomic E-state index is 13.1. The average Bonchev–Trinajstić information content (AvgIpc) is 2.45. The zero-order chi connectivity index (χ0) is 14.4. The summed E-state index contributed by atoms with van der Waals surface area (Å²) < 4.78 is 13.1. The third kappa shape index (κ3) is 3.91. The van der Waals surface area contributed by atoms with Gasteiger partial charge in [0.05, 0.1) is 0 Å². The van der Waals surface area contributed by atoms with E-state index in [9.17, 15) is 4.39 Å². The van der Waals surface area contributed by atoms with Crippen molar-refractivity contribution in [3.05, 3.63) is 47.4 Å². The van der Waals surface area contributed by atoms with Gasteiger partial charge in [-0.2, -0.15) is 4.98 Å². The number of benzene rings is 1. The van der Waals surface area contributed by atoms with Gasteiger partial charge < -0.3 is 10.6 Å². The van der Waals surface area contributed by atoms with Crippen LogP contribution in [0.5, 0.6) is 0 Å². The van der Waals surface area contributed by atoms with Crippen LogP contribution in [-0.4, -0.2) is 16.5 Å². The Morgan fingerprint density at radius 3 is 2.85 bits per heavy atom. The second-order valence-electron chi connectivity index (χ2n) is 4.64. The summed E-state index contributed by atoms with van der Waals surface area (Å²) in [6.45, 7) is 5.40. The number of aromatic nitrogens is 2. The Hall–Kier alpha value is -2.17. The Kier molecular flexibility index (Phi) is 4.87. The summed E-state index contributed by atoms with van der Waals surface area (Å²) in [6, 6.07) is 6.53. The standard InChI is InChI=1S/C15H19FN4/c1-3-7-17-15-19-9-11(2)14(20-15)18-10-12-5-4-6-13(16)8-12/h4-6,8-9H,3,7,10H2,1-2H3,(H2,17,18,19,20). The van der Waals surface area contributed by atoms with Crippen LogP contribution in [-0.2, 0) is 6.54 Å². The van der Waals surface area contributed by atoms with Crippen LogP contribution in [0.4, 0.5) is 16.2 Å². The SMILES string of the molecule is CCCNc1ncc(C)c(NCc2cccc(F)c2)n1. The number of aryl methyl sites for hydroxylation is 1. The van der Waals surface area contributed by atoms with E-state index in [1.807, 2.05) is 13.0 Å². The molecule has 0 spiro atoms. The van der Waals surface area contributed by atoms with Gasteiger partial charge in [0.15, 0.2) is 0 Å². The van der Waals surface area contributed by atoms with Crippen molar-refractivity contribution >= 4 is 11.8 Å². The number of rotatable bonds is 6. The minimum Gasteiger partial charge on any atom is -0.366 e. The molecule has 0 unspecified atom stereocenters. The Morgan fingerprint density at radius 2 is 2.10 bits per heavy atom. The van der Waals surface area contributed by atoms with Crippen LogP contribution in [0.15, 0.2) is 30.5 Å². The van der Waals surface area contributed by atoms with Crippen molar-refractivity contribution in [2.24, 2.45) is 0 Å². The molecule has 0 aliphatic heterocycles. The van der Waals surface area contributed by atoms with Gasteiger partial charge in [-0.15, -0.1) is 0 Å². The lowest BCUT2D eigenvalue weighted by molar-refractivity contribution is 0.626. The largest absolute Gasteiger partial charge is 0.366 e. The number of nitrogens with one attached hydrogen (secondary N) is 2. The summed E-state index contributed by atoms with van der Waals surface area (Å²) in [7, 11) is 0. The fourth-order valence-corrected chi connectivity index (χ4v) is 1.78. The monoisotopic (exact) mass is 274 g/mol. The second kappa shape index (κ2) is 6.84. The molecular weight excluding hydrogens is 255 g/mol. The zero-order valence-electron chi connectivity index (χ0n) is 11.8. The molecule has 2 aromatic rings. The number of halogens is 1. The smallest absolute Gasteiger partial charge is 0.224 e. The lowest BCUT2D eigenvalue weighted by atomic mass is 10.2. The molecule has 106 valence electrons. The Labute approximate surface area is 118 Å². The third-order valence-electron chi connectivity index (χ3n) is 2.85. The molecule has 0 bridgehead atoms.